The quantitative estimate of drug-likeness (QED) is 0.216. The lowest BCUT2D eigenvalue weighted by Crippen LogP contribution is -1.85. The predicted octanol–water partition coefficient (Wildman–Crippen LogP) is 6.94. The van der Waals surface area contributed by atoms with Crippen molar-refractivity contribution in [3.63, 3.8) is 0 Å². The first kappa shape index (κ1) is 19.6. The van der Waals surface area contributed by atoms with E-state index in [2.05, 4.69) is 24.1 Å². The smallest absolute Gasteiger partial charge is 0.0598 e. The van der Waals surface area contributed by atoms with Crippen LogP contribution in [0.2, 0.25) is 0 Å². The fourth-order valence-corrected chi connectivity index (χ4v) is 2.42. The van der Waals surface area contributed by atoms with Crippen LogP contribution in [0, 0.1) is 0 Å². The molecule has 0 aliphatic rings. The van der Waals surface area contributed by atoms with Crippen LogP contribution in [0.1, 0.15) is 104 Å². The Morgan fingerprint density at radius 2 is 0.700 bits per heavy atom. The maximum absolute atomic E-state index is 4.28. The van der Waals surface area contributed by atoms with Gasteiger partial charge in [-0.05, 0) is 12.8 Å². The van der Waals surface area contributed by atoms with Gasteiger partial charge >= 0.3 is 0 Å². The van der Waals surface area contributed by atoms with E-state index in [1.807, 2.05) is 0 Å². The van der Waals surface area contributed by atoms with E-state index in [-0.39, 0.29) is 0 Å². The van der Waals surface area contributed by atoms with Gasteiger partial charge in [-0.15, -0.1) is 0 Å². The molecule has 0 bridgehead atoms. The number of hydrogen-bond donors (Lipinski definition) is 0. The van der Waals surface area contributed by atoms with E-state index in [1.54, 1.807) is 0 Å². The predicted molar refractivity (Wildman–Crippen MR) is 90.6 cm³/mol. The highest BCUT2D eigenvalue weighted by Gasteiger charge is 1.91. The Kier molecular flexibility index (Phi) is 18.2. The molecule has 0 aromatic heterocycles. The zero-order valence-electron chi connectivity index (χ0n) is 14.2. The number of hydrogen-bond acceptors (Lipinski definition) is 2. The minimum absolute atomic E-state index is 0.949. The van der Waals surface area contributed by atoms with Crippen LogP contribution in [0.3, 0.4) is 0 Å². The highest BCUT2D eigenvalue weighted by Crippen LogP contribution is 2.08. The lowest BCUT2D eigenvalue weighted by molar-refractivity contribution is 0.579. The van der Waals surface area contributed by atoms with E-state index in [0.29, 0.717) is 0 Å². The first-order valence-corrected chi connectivity index (χ1v) is 9.25. The molecule has 2 heteroatoms. The molecule has 0 amide bonds. The van der Waals surface area contributed by atoms with Gasteiger partial charge in [0.05, 0.1) is 13.1 Å². The van der Waals surface area contributed by atoms with Crippen LogP contribution in [0.25, 0.3) is 0 Å². The van der Waals surface area contributed by atoms with Gasteiger partial charge in [-0.1, -0.05) is 90.9 Å². The van der Waals surface area contributed by atoms with Crippen LogP contribution in [-0.4, -0.2) is 13.1 Å². The molecule has 0 aliphatic heterocycles. The molecule has 0 atom stereocenters. The molecule has 0 aliphatic carbocycles. The standard InChI is InChI=1S/C18H38N2/c1-3-5-7-9-11-13-15-17-19-20-18-16-14-12-10-8-6-4-2/h3-18H2,1-2H3. The minimum Gasteiger partial charge on any atom is -0.194 e. The average Bonchev–Trinajstić information content (AvgIpc) is 2.47. The summed E-state index contributed by atoms with van der Waals surface area (Å²) in [5, 5.41) is 8.56. The van der Waals surface area contributed by atoms with Gasteiger partial charge in [0.2, 0.25) is 0 Å². The van der Waals surface area contributed by atoms with Gasteiger partial charge in [-0.3, -0.25) is 0 Å². The highest BCUT2D eigenvalue weighted by molar-refractivity contribution is 4.49. The lowest BCUT2D eigenvalue weighted by Gasteiger charge is -1.99. The van der Waals surface area contributed by atoms with E-state index in [0.717, 1.165) is 13.1 Å². The van der Waals surface area contributed by atoms with Crippen LogP contribution >= 0.6 is 0 Å². The van der Waals surface area contributed by atoms with Gasteiger partial charge in [0, 0.05) is 0 Å². The van der Waals surface area contributed by atoms with Crippen LogP contribution in [-0.2, 0) is 0 Å². The average molecular weight is 283 g/mol. The summed E-state index contributed by atoms with van der Waals surface area (Å²) < 4.78 is 0. The van der Waals surface area contributed by atoms with Crippen molar-refractivity contribution in [3.8, 4) is 0 Å². The SMILES string of the molecule is CCCCCCCCCN=NCCCCCCCCC. The van der Waals surface area contributed by atoms with E-state index < -0.39 is 0 Å². The molecule has 120 valence electrons. The number of unbranched alkanes of at least 4 members (excludes halogenated alkanes) is 12. The van der Waals surface area contributed by atoms with Crippen molar-refractivity contribution in [1.82, 2.24) is 0 Å². The third-order valence-corrected chi connectivity index (χ3v) is 3.82. The number of azo groups is 1. The molecule has 0 saturated heterocycles. The molecular weight excluding hydrogens is 244 g/mol. The number of rotatable bonds is 16. The van der Waals surface area contributed by atoms with Crippen molar-refractivity contribution >= 4 is 0 Å². The monoisotopic (exact) mass is 282 g/mol. The Bertz CT molecular complexity index is 170. The van der Waals surface area contributed by atoms with Crippen molar-refractivity contribution in [1.29, 1.82) is 0 Å². The molecule has 0 fully saturated rings. The molecule has 0 unspecified atom stereocenters. The van der Waals surface area contributed by atoms with Gasteiger partial charge in [-0.25, -0.2) is 0 Å². The van der Waals surface area contributed by atoms with Crippen molar-refractivity contribution in [3.05, 3.63) is 0 Å². The van der Waals surface area contributed by atoms with Gasteiger partial charge < -0.3 is 0 Å². The van der Waals surface area contributed by atoms with Gasteiger partial charge in [-0.2, -0.15) is 10.2 Å². The zero-order chi connectivity index (χ0) is 14.7. The number of nitrogens with zero attached hydrogens (tertiary/aromatic N) is 2. The van der Waals surface area contributed by atoms with Gasteiger partial charge in [0.1, 0.15) is 0 Å². The fraction of sp³-hybridized carbons (Fsp3) is 1.00. The van der Waals surface area contributed by atoms with Crippen LogP contribution < -0.4 is 0 Å². The zero-order valence-corrected chi connectivity index (χ0v) is 14.2. The Hall–Kier alpha value is -0.400. The second-order valence-corrected chi connectivity index (χ2v) is 5.97. The summed E-state index contributed by atoms with van der Waals surface area (Å²) in [6, 6.07) is 0. The van der Waals surface area contributed by atoms with Gasteiger partial charge in [0.25, 0.3) is 0 Å². The summed E-state index contributed by atoms with van der Waals surface area (Å²) in [4.78, 5) is 0. The summed E-state index contributed by atoms with van der Waals surface area (Å²) in [5.41, 5.74) is 0. The van der Waals surface area contributed by atoms with Crippen molar-refractivity contribution in [2.75, 3.05) is 13.1 Å². The fourth-order valence-electron chi connectivity index (χ4n) is 2.42. The lowest BCUT2D eigenvalue weighted by atomic mass is 10.1. The largest absolute Gasteiger partial charge is 0.194 e. The molecule has 0 rings (SSSR count). The molecule has 0 saturated carbocycles. The van der Waals surface area contributed by atoms with E-state index in [9.17, 15) is 0 Å². The van der Waals surface area contributed by atoms with Crippen LogP contribution in [0.4, 0.5) is 0 Å². The maximum atomic E-state index is 4.28. The van der Waals surface area contributed by atoms with Crippen LogP contribution in [0.15, 0.2) is 10.2 Å². The molecule has 0 aromatic rings. The second-order valence-electron chi connectivity index (χ2n) is 5.97. The van der Waals surface area contributed by atoms with E-state index >= 15 is 0 Å². The molecular formula is C18H38N2. The van der Waals surface area contributed by atoms with Crippen LogP contribution in [0.5, 0.6) is 0 Å². The Labute approximate surface area is 127 Å². The Morgan fingerprint density at radius 1 is 0.400 bits per heavy atom. The molecule has 0 heterocycles. The van der Waals surface area contributed by atoms with Gasteiger partial charge in [0.15, 0.2) is 0 Å². The summed E-state index contributed by atoms with van der Waals surface area (Å²) >= 11 is 0. The third-order valence-electron chi connectivity index (χ3n) is 3.82. The van der Waals surface area contributed by atoms with E-state index in [1.165, 1.54) is 89.9 Å². The summed E-state index contributed by atoms with van der Waals surface area (Å²) in [7, 11) is 0. The normalized spacial score (nSPS) is 11.5. The molecule has 20 heavy (non-hydrogen) atoms. The Morgan fingerprint density at radius 3 is 1.05 bits per heavy atom. The summed E-state index contributed by atoms with van der Waals surface area (Å²) in [6.07, 6.45) is 19.0. The molecule has 2 nitrogen and oxygen atoms in total. The molecule has 0 aromatic carbocycles. The highest BCUT2D eigenvalue weighted by atomic mass is 15.1. The summed E-state index contributed by atoms with van der Waals surface area (Å²) in [5.74, 6) is 0. The van der Waals surface area contributed by atoms with Crippen molar-refractivity contribution < 1.29 is 0 Å². The van der Waals surface area contributed by atoms with Crippen molar-refractivity contribution in [2.24, 2.45) is 10.2 Å². The first-order valence-electron chi connectivity index (χ1n) is 9.25. The first-order chi connectivity index (χ1) is 9.91. The van der Waals surface area contributed by atoms with Crippen molar-refractivity contribution in [2.45, 2.75) is 104 Å². The Balaban J connectivity index is 3.01. The summed E-state index contributed by atoms with van der Waals surface area (Å²) in [6.45, 7) is 6.44. The maximum Gasteiger partial charge on any atom is 0.0598 e. The minimum atomic E-state index is 0.949. The molecule has 0 radical (unpaired) electrons. The third kappa shape index (κ3) is 17.6. The topological polar surface area (TPSA) is 24.7 Å². The van der Waals surface area contributed by atoms with E-state index in [4.69, 9.17) is 0 Å². The molecule has 0 N–H and O–H groups in total. The second kappa shape index (κ2) is 18.6. The molecule has 0 spiro atoms.